The fraction of sp³-hybridized carbons (Fsp3) is 0.600. The average Bonchev–Trinajstić information content (AvgIpc) is 3.16. The van der Waals surface area contributed by atoms with E-state index < -0.39 is 0 Å². The highest BCUT2D eigenvalue weighted by Crippen LogP contribution is 2.25. The Hall–Kier alpha value is -2.08. The summed E-state index contributed by atoms with van der Waals surface area (Å²) in [6.45, 7) is 11.8. The van der Waals surface area contributed by atoms with Gasteiger partial charge in [0.2, 0.25) is 0 Å². The lowest BCUT2D eigenvalue weighted by Crippen LogP contribution is -2.31. The van der Waals surface area contributed by atoms with E-state index in [0.29, 0.717) is 24.8 Å². The van der Waals surface area contributed by atoms with Crippen molar-refractivity contribution >= 4 is 5.97 Å². The maximum atomic E-state index is 12.4. The topological polar surface area (TPSA) is 60.5 Å². The number of aryl methyl sites for hydroxylation is 2. The third kappa shape index (κ3) is 4.18. The van der Waals surface area contributed by atoms with Gasteiger partial charge in [-0.25, -0.2) is 4.79 Å². The van der Waals surface area contributed by atoms with E-state index in [1.165, 1.54) is 5.69 Å². The zero-order chi connectivity index (χ0) is 18.7. The van der Waals surface area contributed by atoms with Crippen LogP contribution in [0.2, 0.25) is 0 Å². The molecule has 0 saturated carbocycles. The molecule has 2 aromatic heterocycles. The van der Waals surface area contributed by atoms with Gasteiger partial charge in [-0.05, 0) is 38.3 Å². The highest BCUT2D eigenvalue weighted by molar-refractivity contribution is 5.89. The van der Waals surface area contributed by atoms with E-state index in [9.17, 15) is 4.79 Å². The number of hydrogen-bond donors (Lipinski definition) is 0. The van der Waals surface area contributed by atoms with E-state index in [1.807, 2.05) is 30.7 Å². The predicted molar refractivity (Wildman–Crippen MR) is 98.9 cm³/mol. The van der Waals surface area contributed by atoms with E-state index in [-0.39, 0.29) is 5.97 Å². The number of furan rings is 1. The molecule has 0 aliphatic carbocycles. The molecule has 0 spiro atoms. The molecule has 3 heterocycles. The lowest BCUT2D eigenvalue weighted by Gasteiger charge is -2.27. The molecule has 0 aromatic carbocycles. The van der Waals surface area contributed by atoms with Crippen molar-refractivity contribution in [1.29, 1.82) is 0 Å². The minimum absolute atomic E-state index is 0.317. The second kappa shape index (κ2) is 8.08. The quantitative estimate of drug-likeness (QED) is 0.707. The Morgan fingerprint density at radius 3 is 2.85 bits per heavy atom. The van der Waals surface area contributed by atoms with Gasteiger partial charge < -0.3 is 9.15 Å². The largest absolute Gasteiger partial charge is 0.465 e. The molecule has 6 nitrogen and oxygen atoms in total. The number of fused-ring (bicyclic) bond motifs is 1. The Balaban J connectivity index is 1.82. The van der Waals surface area contributed by atoms with E-state index in [0.717, 1.165) is 49.6 Å². The smallest absolute Gasteiger partial charge is 0.359 e. The SMILES string of the molecule is CCOC(=O)c1nn(CCC(C)C)c2c1CN(Cc1ccc(C)o1)CC2. The summed E-state index contributed by atoms with van der Waals surface area (Å²) < 4.78 is 13.0. The normalized spacial score (nSPS) is 14.7. The Labute approximate surface area is 155 Å². The average molecular weight is 359 g/mol. The van der Waals surface area contributed by atoms with Gasteiger partial charge in [0.05, 0.1) is 13.2 Å². The van der Waals surface area contributed by atoms with E-state index >= 15 is 0 Å². The number of carbonyl (C=O) groups excluding carboxylic acids is 1. The first-order chi connectivity index (χ1) is 12.5. The summed E-state index contributed by atoms with van der Waals surface area (Å²) in [5.74, 6) is 2.16. The first kappa shape index (κ1) is 18.7. The minimum atomic E-state index is -0.317. The summed E-state index contributed by atoms with van der Waals surface area (Å²) >= 11 is 0. The number of esters is 1. The predicted octanol–water partition coefficient (Wildman–Crippen LogP) is 3.57. The van der Waals surface area contributed by atoms with Crippen molar-refractivity contribution in [2.45, 2.75) is 60.2 Å². The Morgan fingerprint density at radius 1 is 1.38 bits per heavy atom. The summed E-state index contributed by atoms with van der Waals surface area (Å²) in [5.41, 5.74) is 2.67. The Morgan fingerprint density at radius 2 is 2.19 bits per heavy atom. The molecule has 0 saturated heterocycles. The van der Waals surface area contributed by atoms with E-state index in [4.69, 9.17) is 9.15 Å². The molecule has 142 valence electrons. The van der Waals surface area contributed by atoms with Crippen molar-refractivity contribution in [3.63, 3.8) is 0 Å². The van der Waals surface area contributed by atoms with Gasteiger partial charge in [0.1, 0.15) is 11.5 Å². The molecule has 0 amide bonds. The molecule has 0 bridgehead atoms. The second-order valence-electron chi connectivity index (χ2n) is 7.37. The van der Waals surface area contributed by atoms with Gasteiger partial charge in [-0.15, -0.1) is 0 Å². The second-order valence-corrected chi connectivity index (χ2v) is 7.37. The Bertz CT molecular complexity index is 760. The third-order valence-electron chi connectivity index (χ3n) is 4.78. The monoisotopic (exact) mass is 359 g/mol. The maximum Gasteiger partial charge on any atom is 0.359 e. The van der Waals surface area contributed by atoms with Gasteiger partial charge in [-0.3, -0.25) is 9.58 Å². The molecular weight excluding hydrogens is 330 g/mol. The highest BCUT2D eigenvalue weighted by Gasteiger charge is 2.29. The van der Waals surface area contributed by atoms with Crippen LogP contribution in [0.4, 0.5) is 0 Å². The number of nitrogens with zero attached hydrogens (tertiary/aromatic N) is 3. The number of carbonyl (C=O) groups is 1. The molecule has 1 aliphatic rings. The van der Waals surface area contributed by atoms with Crippen LogP contribution in [0.15, 0.2) is 16.5 Å². The van der Waals surface area contributed by atoms with Gasteiger partial charge in [-0.1, -0.05) is 13.8 Å². The van der Waals surface area contributed by atoms with Crippen LogP contribution in [0.25, 0.3) is 0 Å². The zero-order valence-corrected chi connectivity index (χ0v) is 16.2. The lowest BCUT2D eigenvalue weighted by atomic mass is 10.0. The summed E-state index contributed by atoms with van der Waals surface area (Å²) in [4.78, 5) is 14.7. The molecule has 6 heteroatoms. The van der Waals surface area contributed by atoms with Crippen LogP contribution in [0, 0.1) is 12.8 Å². The number of ether oxygens (including phenoxy) is 1. The van der Waals surface area contributed by atoms with Gasteiger partial charge in [-0.2, -0.15) is 5.10 Å². The van der Waals surface area contributed by atoms with Crippen LogP contribution in [0.1, 0.15) is 60.5 Å². The first-order valence-corrected chi connectivity index (χ1v) is 9.51. The molecule has 1 aliphatic heterocycles. The summed E-state index contributed by atoms with van der Waals surface area (Å²) in [6.07, 6.45) is 1.94. The molecule has 0 atom stereocenters. The number of aromatic nitrogens is 2. The van der Waals surface area contributed by atoms with Crippen LogP contribution in [0.5, 0.6) is 0 Å². The fourth-order valence-corrected chi connectivity index (χ4v) is 3.40. The minimum Gasteiger partial charge on any atom is -0.465 e. The molecule has 0 radical (unpaired) electrons. The van der Waals surface area contributed by atoms with Gasteiger partial charge >= 0.3 is 5.97 Å². The van der Waals surface area contributed by atoms with Crippen molar-refractivity contribution in [3.8, 4) is 0 Å². The maximum absolute atomic E-state index is 12.4. The Kier molecular flexibility index (Phi) is 5.81. The van der Waals surface area contributed by atoms with Crippen molar-refractivity contribution in [2.75, 3.05) is 13.2 Å². The number of hydrogen-bond acceptors (Lipinski definition) is 5. The first-order valence-electron chi connectivity index (χ1n) is 9.51. The van der Waals surface area contributed by atoms with Gasteiger partial charge in [0.15, 0.2) is 5.69 Å². The molecule has 0 unspecified atom stereocenters. The van der Waals surface area contributed by atoms with Crippen LogP contribution >= 0.6 is 0 Å². The van der Waals surface area contributed by atoms with Crippen LogP contribution < -0.4 is 0 Å². The van der Waals surface area contributed by atoms with Crippen molar-refractivity contribution < 1.29 is 13.9 Å². The third-order valence-corrected chi connectivity index (χ3v) is 4.78. The van der Waals surface area contributed by atoms with Gasteiger partial charge in [0, 0.05) is 37.3 Å². The van der Waals surface area contributed by atoms with Crippen molar-refractivity contribution in [3.05, 3.63) is 40.6 Å². The molecule has 0 fully saturated rings. The summed E-state index contributed by atoms with van der Waals surface area (Å²) in [5, 5.41) is 4.62. The standard InChI is InChI=1S/C20H29N3O3/c1-5-25-20(24)19-17-13-22(12-16-7-6-15(4)26-16)10-9-18(17)23(21-19)11-8-14(2)3/h6-7,14H,5,8-13H2,1-4H3. The molecule has 0 N–H and O–H groups in total. The summed E-state index contributed by atoms with van der Waals surface area (Å²) in [6, 6.07) is 4.00. The molecular formula is C20H29N3O3. The van der Waals surface area contributed by atoms with Gasteiger partial charge in [0.25, 0.3) is 0 Å². The van der Waals surface area contributed by atoms with E-state index in [1.54, 1.807) is 0 Å². The molecule has 26 heavy (non-hydrogen) atoms. The highest BCUT2D eigenvalue weighted by atomic mass is 16.5. The molecule has 2 aromatic rings. The number of rotatable bonds is 7. The zero-order valence-electron chi connectivity index (χ0n) is 16.2. The fourth-order valence-electron chi connectivity index (χ4n) is 3.40. The van der Waals surface area contributed by atoms with Crippen LogP contribution in [-0.4, -0.2) is 33.8 Å². The van der Waals surface area contributed by atoms with E-state index in [2.05, 4.69) is 23.8 Å². The lowest BCUT2D eigenvalue weighted by molar-refractivity contribution is 0.0515. The van der Waals surface area contributed by atoms with Crippen LogP contribution in [-0.2, 0) is 30.8 Å². The van der Waals surface area contributed by atoms with Crippen molar-refractivity contribution in [1.82, 2.24) is 14.7 Å². The molecule has 3 rings (SSSR count). The summed E-state index contributed by atoms with van der Waals surface area (Å²) in [7, 11) is 0. The van der Waals surface area contributed by atoms with Crippen molar-refractivity contribution in [2.24, 2.45) is 5.92 Å². The van der Waals surface area contributed by atoms with Crippen LogP contribution in [0.3, 0.4) is 0 Å².